The number of hydrogen-bond donors (Lipinski definition) is 0. The second kappa shape index (κ2) is 10.3. The molecular weight excluding hydrogens is 418 g/mol. The summed E-state index contributed by atoms with van der Waals surface area (Å²) < 4.78 is 17.3. The zero-order valence-electron chi connectivity index (χ0n) is 17.4. The number of thioether (sulfide) groups is 1. The van der Waals surface area contributed by atoms with Crippen LogP contribution in [0.15, 0.2) is 64.6 Å². The Bertz CT molecular complexity index is 963. The van der Waals surface area contributed by atoms with Gasteiger partial charge in [0.25, 0.3) is 0 Å². The van der Waals surface area contributed by atoms with Crippen molar-refractivity contribution < 1.29 is 23.8 Å². The molecule has 0 amide bonds. The first kappa shape index (κ1) is 22.7. The number of esters is 2. The van der Waals surface area contributed by atoms with Gasteiger partial charge < -0.3 is 14.2 Å². The topological polar surface area (TPSA) is 111 Å². The van der Waals surface area contributed by atoms with Crippen LogP contribution in [0.25, 0.3) is 10.4 Å². The lowest BCUT2D eigenvalue weighted by Gasteiger charge is -2.42. The third kappa shape index (κ3) is 5.79. The summed E-state index contributed by atoms with van der Waals surface area (Å²) in [5, 5.41) is 3.78. The van der Waals surface area contributed by atoms with Gasteiger partial charge in [0, 0.05) is 16.7 Å². The van der Waals surface area contributed by atoms with Crippen LogP contribution in [-0.4, -0.2) is 41.7 Å². The van der Waals surface area contributed by atoms with Crippen molar-refractivity contribution in [3.63, 3.8) is 0 Å². The quantitative estimate of drug-likeness (QED) is 0.279. The van der Waals surface area contributed by atoms with E-state index in [0.717, 1.165) is 10.5 Å². The highest BCUT2D eigenvalue weighted by atomic mass is 32.2. The molecule has 3 rings (SSSR count). The van der Waals surface area contributed by atoms with Gasteiger partial charge in [-0.1, -0.05) is 52.8 Å². The minimum atomic E-state index is -1.01. The predicted molar refractivity (Wildman–Crippen MR) is 116 cm³/mol. The van der Waals surface area contributed by atoms with Crippen molar-refractivity contribution in [1.29, 1.82) is 0 Å². The highest BCUT2D eigenvalue weighted by molar-refractivity contribution is 7.99. The molecule has 0 unspecified atom stereocenters. The molecule has 8 nitrogen and oxygen atoms in total. The number of carbonyl (C=O) groups is 2. The molecule has 0 aromatic heterocycles. The molecule has 2 aromatic carbocycles. The molecule has 1 aliphatic heterocycles. The molecule has 9 heteroatoms. The van der Waals surface area contributed by atoms with Gasteiger partial charge in [0.2, 0.25) is 0 Å². The van der Waals surface area contributed by atoms with Gasteiger partial charge in [-0.15, -0.1) is 0 Å². The molecule has 0 aliphatic carbocycles. The monoisotopic (exact) mass is 441 g/mol. The fourth-order valence-corrected chi connectivity index (χ4v) is 4.40. The van der Waals surface area contributed by atoms with Gasteiger partial charge in [-0.3, -0.25) is 4.79 Å². The van der Waals surface area contributed by atoms with Gasteiger partial charge in [0.05, 0.1) is 11.7 Å². The number of hydrogen-bond acceptors (Lipinski definition) is 7. The molecule has 1 aliphatic rings. The summed E-state index contributed by atoms with van der Waals surface area (Å²) >= 11 is 1.35. The first-order valence-corrected chi connectivity index (χ1v) is 10.6. The standard InChI is InChI=1S/C22H23N3O5S/c1-13-9-11-17(12-10-13)31-22-20(29-15(3)26)19(18(24-25-23)14(2)28-22)30-21(27)16-7-5-4-6-8-16/h4-12,14,18-20,22H,1-3H3/t14-,18-,19+,20-,22+/m1/s1. The van der Waals surface area contributed by atoms with Gasteiger partial charge in [-0.05, 0) is 43.6 Å². The van der Waals surface area contributed by atoms with Gasteiger partial charge in [0.15, 0.2) is 12.2 Å². The lowest BCUT2D eigenvalue weighted by Crippen LogP contribution is -2.57. The van der Waals surface area contributed by atoms with Gasteiger partial charge in [-0.2, -0.15) is 0 Å². The maximum atomic E-state index is 12.8. The van der Waals surface area contributed by atoms with Crippen LogP contribution in [0.1, 0.15) is 29.8 Å². The Balaban J connectivity index is 1.93. The van der Waals surface area contributed by atoms with Crippen LogP contribution in [0.2, 0.25) is 0 Å². The molecule has 1 fully saturated rings. The minimum absolute atomic E-state index is 0.339. The second-order valence-electron chi connectivity index (χ2n) is 7.15. The second-order valence-corrected chi connectivity index (χ2v) is 8.32. The molecule has 31 heavy (non-hydrogen) atoms. The van der Waals surface area contributed by atoms with Crippen molar-refractivity contribution in [1.82, 2.24) is 0 Å². The molecule has 0 bridgehead atoms. The molecule has 0 saturated carbocycles. The van der Waals surface area contributed by atoms with Crippen LogP contribution in [0.4, 0.5) is 0 Å². The van der Waals surface area contributed by atoms with Crippen molar-refractivity contribution in [2.75, 3.05) is 0 Å². The van der Waals surface area contributed by atoms with Gasteiger partial charge in [0.1, 0.15) is 11.5 Å². The van der Waals surface area contributed by atoms with E-state index in [0.29, 0.717) is 5.56 Å². The third-order valence-electron chi connectivity index (χ3n) is 4.77. The molecule has 1 saturated heterocycles. The average molecular weight is 442 g/mol. The molecule has 0 N–H and O–H groups in total. The SMILES string of the molecule is CC(=O)O[C@@H]1[C@@H](OC(=O)c2ccccc2)[C@H](N=[N+]=[N-])[C@@H](C)O[C@H]1Sc1ccc(C)cc1. The first-order chi connectivity index (χ1) is 14.9. The lowest BCUT2D eigenvalue weighted by molar-refractivity contribution is -0.181. The van der Waals surface area contributed by atoms with Gasteiger partial charge in [-0.25, -0.2) is 4.79 Å². The van der Waals surface area contributed by atoms with E-state index in [-0.39, 0.29) is 0 Å². The van der Waals surface area contributed by atoms with Crippen molar-refractivity contribution in [2.45, 2.75) is 55.5 Å². The molecular formula is C22H23N3O5S. The Morgan fingerprint density at radius 3 is 2.35 bits per heavy atom. The Morgan fingerprint density at radius 1 is 1.06 bits per heavy atom. The smallest absolute Gasteiger partial charge is 0.338 e. The molecule has 0 radical (unpaired) electrons. The maximum Gasteiger partial charge on any atom is 0.338 e. The van der Waals surface area contributed by atoms with Crippen molar-refractivity contribution in [3.05, 3.63) is 76.2 Å². The van der Waals surface area contributed by atoms with Crippen LogP contribution >= 0.6 is 11.8 Å². The third-order valence-corrected chi connectivity index (χ3v) is 5.93. The summed E-state index contributed by atoms with van der Waals surface area (Å²) in [6.07, 6.45) is -2.55. The Kier molecular flexibility index (Phi) is 7.57. The zero-order chi connectivity index (χ0) is 22.4. The summed E-state index contributed by atoms with van der Waals surface area (Å²) in [6, 6.07) is 15.4. The number of carbonyl (C=O) groups excluding carboxylic acids is 2. The fourth-order valence-electron chi connectivity index (χ4n) is 3.27. The van der Waals surface area contributed by atoms with E-state index < -0.39 is 41.7 Å². The van der Waals surface area contributed by atoms with E-state index in [1.54, 1.807) is 37.3 Å². The van der Waals surface area contributed by atoms with Crippen LogP contribution < -0.4 is 0 Å². The van der Waals surface area contributed by atoms with E-state index in [4.69, 9.17) is 19.7 Å². The highest BCUT2D eigenvalue weighted by Gasteiger charge is 2.48. The predicted octanol–water partition coefficient (Wildman–Crippen LogP) is 4.67. The highest BCUT2D eigenvalue weighted by Crippen LogP contribution is 2.37. The number of azide groups is 1. The van der Waals surface area contributed by atoms with Crippen molar-refractivity contribution in [3.8, 4) is 0 Å². The van der Waals surface area contributed by atoms with Gasteiger partial charge >= 0.3 is 11.9 Å². The van der Waals surface area contributed by atoms with Crippen LogP contribution in [0.3, 0.4) is 0 Å². The number of nitrogens with zero attached hydrogens (tertiary/aromatic N) is 3. The molecule has 1 heterocycles. The molecule has 2 aromatic rings. The lowest BCUT2D eigenvalue weighted by atomic mass is 9.98. The van der Waals surface area contributed by atoms with Crippen molar-refractivity contribution in [2.24, 2.45) is 5.11 Å². The molecule has 5 atom stereocenters. The summed E-state index contributed by atoms with van der Waals surface area (Å²) in [5.41, 5.74) is 9.83. The Labute approximate surface area is 184 Å². The summed E-state index contributed by atoms with van der Waals surface area (Å²) in [5.74, 6) is -1.16. The Hall–Kier alpha value is -3.00. The molecule has 0 spiro atoms. The van der Waals surface area contributed by atoms with Crippen LogP contribution in [0, 0.1) is 6.92 Å². The number of aryl methyl sites for hydroxylation is 1. The maximum absolute atomic E-state index is 12.8. The zero-order valence-corrected chi connectivity index (χ0v) is 18.2. The number of rotatable bonds is 6. The summed E-state index contributed by atoms with van der Waals surface area (Å²) in [4.78, 5) is 28.4. The first-order valence-electron chi connectivity index (χ1n) is 9.75. The molecule has 162 valence electrons. The van der Waals surface area contributed by atoms with E-state index >= 15 is 0 Å². The Morgan fingerprint density at radius 2 is 1.74 bits per heavy atom. The van der Waals surface area contributed by atoms with E-state index in [1.165, 1.54) is 18.7 Å². The summed E-state index contributed by atoms with van der Waals surface area (Å²) in [7, 11) is 0. The average Bonchev–Trinajstić information content (AvgIpc) is 2.75. The van der Waals surface area contributed by atoms with Crippen LogP contribution in [-0.2, 0) is 19.0 Å². The van der Waals surface area contributed by atoms with Crippen LogP contribution in [0.5, 0.6) is 0 Å². The largest absolute Gasteiger partial charge is 0.455 e. The number of benzene rings is 2. The summed E-state index contributed by atoms with van der Waals surface area (Å²) in [6.45, 7) is 4.98. The van der Waals surface area contributed by atoms with E-state index in [1.807, 2.05) is 31.2 Å². The fraction of sp³-hybridized carbons (Fsp3) is 0.364. The minimum Gasteiger partial charge on any atom is -0.455 e. The normalized spacial score (nSPS) is 25.2. The van der Waals surface area contributed by atoms with Crippen molar-refractivity contribution >= 4 is 23.7 Å². The van der Waals surface area contributed by atoms with E-state index in [9.17, 15) is 9.59 Å². The number of ether oxygens (including phenoxy) is 3. The van der Waals surface area contributed by atoms with E-state index in [2.05, 4.69) is 10.0 Å².